The predicted molar refractivity (Wildman–Crippen MR) is 91.7 cm³/mol. The average molecular weight is 386 g/mol. The first-order chi connectivity index (χ1) is 12.1. The minimum atomic E-state index is -5.34. The molecule has 0 atom stereocenters. The third-order valence-electron chi connectivity index (χ3n) is 3.63. The van der Waals surface area contributed by atoms with Crippen LogP contribution in [0.2, 0.25) is 0 Å². The zero-order chi connectivity index (χ0) is 19.4. The maximum Gasteiger partial charge on any atom is 0.501 e. The Kier molecular flexibility index (Phi) is 5.91. The van der Waals surface area contributed by atoms with Crippen LogP contribution in [0, 0.1) is 0 Å². The monoisotopic (exact) mass is 386 g/mol. The van der Waals surface area contributed by atoms with Gasteiger partial charge in [-0.05, 0) is 48.4 Å². The molecule has 26 heavy (non-hydrogen) atoms. The summed E-state index contributed by atoms with van der Waals surface area (Å²) in [6, 6.07) is 11.4. The van der Waals surface area contributed by atoms with E-state index in [2.05, 4.69) is 10.6 Å². The Morgan fingerprint density at radius 2 is 1.73 bits per heavy atom. The molecular formula is C17H17F3N2O3S. The molecule has 0 unspecified atom stereocenters. The molecular weight excluding hydrogens is 369 g/mol. The van der Waals surface area contributed by atoms with E-state index < -0.39 is 20.2 Å². The number of hydrogen-bond acceptors (Lipinski definition) is 4. The molecule has 0 saturated heterocycles. The number of alkyl halides is 3. The Balaban J connectivity index is 1.98. The summed E-state index contributed by atoms with van der Waals surface area (Å²) >= 11 is 0. The highest BCUT2D eigenvalue weighted by molar-refractivity contribution is 7.92. The summed E-state index contributed by atoms with van der Waals surface area (Å²) in [4.78, 5) is 10.8. The van der Waals surface area contributed by atoms with E-state index in [-0.39, 0.29) is 5.91 Å². The van der Waals surface area contributed by atoms with Crippen molar-refractivity contribution in [3.05, 3.63) is 59.7 Å². The smallest absolute Gasteiger partial charge is 0.385 e. The van der Waals surface area contributed by atoms with Crippen LogP contribution in [0.5, 0.6) is 0 Å². The van der Waals surface area contributed by atoms with Gasteiger partial charge in [0.25, 0.3) is 15.7 Å². The lowest BCUT2D eigenvalue weighted by Gasteiger charge is -2.10. The maximum atomic E-state index is 12.5. The van der Waals surface area contributed by atoms with E-state index in [0.29, 0.717) is 24.2 Å². The lowest BCUT2D eigenvalue weighted by Crippen LogP contribution is -2.23. The molecule has 0 bridgehead atoms. The minimum absolute atomic E-state index is 0.193. The van der Waals surface area contributed by atoms with Crippen molar-refractivity contribution < 1.29 is 26.4 Å². The largest absolute Gasteiger partial charge is 0.501 e. The van der Waals surface area contributed by atoms with Gasteiger partial charge in [-0.1, -0.05) is 12.1 Å². The Labute approximate surface area is 149 Å². The number of halogens is 3. The van der Waals surface area contributed by atoms with Gasteiger partial charge in [0.1, 0.15) is 0 Å². The number of nitrogens with one attached hydrogen (secondary N) is 2. The van der Waals surface area contributed by atoms with Crippen molar-refractivity contribution in [1.29, 1.82) is 0 Å². The van der Waals surface area contributed by atoms with Gasteiger partial charge in [-0.15, -0.1) is 0 Å². The number of carbonyl (C=O) groups is 1. The zero-order valence-corrected chi connectivity index (χ0v) is 14.6. The van der Waals surface area contributed by atoms with Crippen LogP contribution in [0.15, 0.2) is 53.4 Å². The molecule has 0 saturated carbocycles. The minimum Gasteiger partial charge on any atom is -0.385 e. The van der Waals surface area contributed by atoms with Gasteiger partial charge in [-0.2, -0.15) is 13.2 Å². The first-order valence-electron chi connectivity index (χ1n) is 7.61. The third-order valence-corrected chi connectivity index (χ3v) is 5.13. The van der Waals surface area contributed by atoms with E-state index >= 15 is 0 Å². The van der Waals surface area contributed by atoms with Gasteiger partial charge in [-0.3, -0.25) is 4.79 Å². The highest BCUT2D eigenvalue weighted by Crippen LogP contribution is 2.30. The molecule has 0 radical (unpaired) electrons. The Morgan fingerprint density at radius 1 is 1.08 bits per heavy atom. The van der Waals surface area contributed by atoms with Crippen LogP contribution in [0.1, 0.15) is 15.9 Å². The molecule has 0 aliphatic rings. The quantitative estimate of drug-likeness (QED) is 0.800. The number of sulfone groups is 1. The van der Waals surface area contributed by atoms with Gasteiger partial charge >= 0.3 is 5.51 Å². The van der Waals surface area contributed by atoms with E-state index in [4.69, 9.17) is 0 Å². The first kappa shape index (κ1) is 19.8. The Bertz CT molecular complexity index is 879. The molecule has 2 aromatic carbocycles. The fourth-order valence-corrected chi connectivity index (χ4v) is 3.01. The van der Waals surface area contributed by atoms with Crippen LogP contribution in [-0.2, 0) is 16.3 Å². The van der Waals surface area contributed by atoms with Crippen LogP contribution in [0.4, 0.5) is 18.9 Å². The number of benzene rings is 2. The zero-order valence-electron chi connectivity index (χ0n) is 13.8. The molecule has 2 aromatic rings. The van der Waals surface area contributed by atoms with Crippen LogP contribution >= 0.6 is 0 Å². The summed E-state index contributed by atoms with van der Waals surface area (Å²) in [7, 11) is -3.80. The molecule has 1 amide bonds. The fraction of sp³-hybridized carbons (Fsp3) is 0.235. The van der Waals surface area contributed by atoms with Gasteiger partial charge in [-0.25, -0.2) is 8.42 Å². The molecule has 9 heteroatoms. The maximum absolute atomic E-state index is 12.5. The fourth-order valence-electron chi connectivity index (χ4n) is 2.25. The molecule has 2 rings (SSSR count). The molecule has 2 N–H and O–H groups in total. The Morgan fingerprint density at radius 3 is 2.31 bits per heavy atom. The average Bonchev–Trinajstić information content (AvgIpc) is 2.61. The van der Waals surface area contributed by atoms with Gasteiger partial charge in [0.2, 0.25) is 0 Å². The summed E-state index contributed by atoms with van der Waals surface area (Å²) in [6.07, 6.45) is 0.577. The molecule has 0 heterocycles. The van der Waals surface area contributed by atoms with Crippen molar-refractivity contribution in [2.75, 3.05) is 18.9 Å². The number of amides is 1. The third kappa shape index (κ3) is 4.54. The van der Waals surface area contributed by atoms with E-state index in [9.17, 15) is 26.4 Å². The second-order valence-electron chi connectivity index (χ2n) is 5.43. The Hall–Kier alpha value is -2.55. The highest BCUT2D eigenvalue weighted by Gasteiger charge is 2.46. The van der Waals surface area contributed by atoms with Crippen LogP contribution in [0.25, 0.3) is 0 Å². The second-order valence-corrected chi connectivity index (χ2v) is 7.37. The van der Waals surface area contributed by atoms with Gasteiger partial charge in [0, 0.05) is 24.8 Å². The molecule has 140 valence electrons. The molecule has 5 nitrogen and oxygen atoms in total. The summed E-state index contributed by atoms with van der Waals surface area (Å²) in [5.74, 6) is -0.193. The molecule has 0 aliphatic heterocycles. The number of carbonyl (C=O) groups excluding carboxylic acids is 1. The van der Waals surface area contributed by atoms with Crippen LogP contribution in [0.3, 0.4) is 0 Å². The standard InChI is InChI=1S/C17H17F3N2O3S/c1-21-16(23)13-4-2-3-12(11-13)9-10-22-14-5-7-15(8-6-14)26(24,25)17(18,19)20/h2-8,11,22H,9-10H2,1H3,(H,21,23). The molecule has 0 fully saturated rings. The van der Waals surface area contributed by atoms with Crippen molar-refractivity contribution in [3.8, 4) is 0 Å². The van der Waals surface area contributed by atoms with Gasteiger partial charge in [0.15, 0.2) is 0 Å². The van der Waals surface area contributed by atoms with Crippen LogP contribution in [-0.4, -0.2) is 33.4 Å². The summed E-state index contributed by atoms with van der Waals surface area (Å²) in [6.45, 7) is 0.461. The lowest BCUT2D eigenvalue weighted by atomic mass is 10.1. The second kappa shape index (κ2) is 7.77. The van der Waals surface area contributed by atoms with E-state index in [0.717, 1.165) is 17.7 Å². The SMILES string of the molecule is CNC(=O)c1cccc(CCNc2ccc(S(=O)(=O)C(F)(F)F)cc2)c1. The highest BCUT2D eigenvalue weighted by atomic mass is 32.2. The predicted octanol–water partition coefficient (Wildman–Crippen LogP) is 2.99. The van der Waals surface area contributed by atoms with E-state index in [1.807, 2.05) is 6.07 Å². The number of anilines is 1. The van der Waals surface area contributed by atoms with E-state index in [1.54, 1.807) is 25.2 Å². The van der Waals surface area contributed by atoms with Crippen molar-refractivity contribution in [2.24, 2.45) is 0 Å². The summed E-state index contributed by atoms with van der Waals surface area (Å²) in [5.41, 5.74) is -3.38. The summed E-state index contributed by atoms with van der Waals surface area (Å²) < 4.78 is 60.1. The van der Waals surface area contributed by atoms with Crippen molar-refractivity contribution in [3.63, 3.8) is 0 Å². The first-order valence-corrected chi connectivity index (χ1v) is 9.10. The normalized spacial score (nSPS) is 11.8. The van der Waals surface area contributed by atoms with Crippen molar-refractivity contribution >= 4 is 21.4 Å². The van der Waals surface area contributed by atoms with Gasteiger partial charge < -0.3 is 10.6 Å². The molecule has 0 spiro atoms. The summed E-state index contributed by atoms with van der Waals surface area (Å²) in [5, 5.41) is 5.53. The topological polar surface area (TPSA) is 75.3 Å². The number of hydrogen-bond donors (Lipinski definition) is 2. The van der Waals surface area contributed by atoms with Gasteiger partial charge in [0.05, 0.1) is 4.90 Å². The number of rotatable bonds is 6. The molecule has 0 aliphatic carbocycles. The van der Waals surface area contributed by atoms with Crippen molar-refractivity contribution in [2.45, 2.75) is 16.8 Å². The van der Waals surface area contributed by atoms with Crippen LogP contribution < -0.4 is 10.6 Å². The lowest BCUT2D eigenvalue weighted by molar-refractivity contribution is -0.0436. The van der Waals surface area contributed by atoms with E-state index in [1.165, 1.54) is 12.1 Å². The van der Waals surface area contributed by atoms with Crippen molar-refractivity contribution in [1.82, 2.24) is 5.32 Å². The molecule has 0 aromatic heterocycles.